The minimum Gasteiger partial charge on any atom is -0.205 e. The molecule has 136 valence electrons. The fourth-order valence-corrected chi connectivity index (χ4v) is 2.84. The molecule has 2 aromatic rings. The van der Waals surface area contributed by atoms with E-state index in [0.717, 1.165) is 5.56 Å². The summed E-state index contributed by atoms with van der Waals surface area (Å²) in [5.41, 5.74) is 1.51. The van der Waals surface area contributed by atoms with Gasteiger partial charge in [0, 0.05) is 17.5 Å². The second-order valence-corrected chi connectivity index (χ2v) is 6.90. The normalized spacial score (nSPS) is 13.5. The monoisotopic (exact) mass is 352 g/mol. The molecule has 0 aliphatic carbocycles. The smallest absolute Gasteiger partial charge is 0.205 e. The van der Waals surface area contributed by atoms with Gasteiger partial charge in [-0.2, -0.15) is 0 Å². The Morgan fingerprint density at radius 2 is 1.44 bits per heavy atom. The lowest BCUT2D eigenvalue weighted by Gasteiger charge is -2.21. The minimum absolute atomic E-state index is 0.0206. The first kappa shape index (κ1) is 19.5. The summed E-state index contributed by atoms with van der Waals surface area (Å²) in [6.45, 7) is 5.73. The van der Waals surface area contributed by atoms with Crippen molar-refractivity contribution < 1.29 is 17.6 Å². The quantitative estimate of drug-likeness (QED) is 0.455. The van der Waals surface area contributed by atoms with Crippen LogP contribution in [0.3, 0.4) is 0 Å². The van der Waals surface area contributed by atoms with Crippen LogP contribution in [0.1, 0.15) is 74.1 Å². The average Bonchev–Trinajstić information content (AvgIpc) is 2.60. The number of hydrogen-bond donors (Lipinski definition) is 0. The molecule has 2 rings (SSSR count). The highest BCUT2D eigenvalue weighted by atomic mass is 19.3. The van der Waals surface area contributed by atoms with Crippen molar-refractivity contribution in [2.75, 3.05) is 0 Å². The third-order valence-electron chi connectivity index (χ3n) is 4.60. The van der Waals surface area contributed by atoms with Gasteiger partial charge < -0.3 is 0 Å². The summed E-state index contributed by atoms with van der Waals surface area (Å²) in [4.78, 5) is 0. The molecule has 0 aliphatic rings. The van der Waals surface area contributed by atoms with E-state index >= 15 is 0 Å². The van der Waals surface area contributed by atoms with Crippen LogP contribution in [-0.2, 0) is 5.92 Å². The van der Waals surface area contributed by atoms with Gasteiger partial charge in [0.1, 0.15) is 0 Å². The molecule has 0 aromatic heterocycles. The van der Waals surface area contributed by atoms with E-state index in [-0.39, 0.29) is 35.8 Å². The number of alkyl halides is 4. The van der Waals surface area contributed by atoms with E-state index in [1.807, 2.05) is 19.9 Å². The standard InChI is InChI=1S/C21H24F4/c1-14(2)16-6-5-9-19(13-16)21(24,25)11-10-15(3)17-7-4-8-18(12-17)20(22)23/h4-9,12-15,20H,10-11H2,1-3H3. The summed E-state index contributed by atoms with van der Waals surface area (Å²) < 4.78 is 54.7. The molecule has 0 aliphatic heterocycles. The van der Waals surface area contributed by atoms with E-state index in [0.29, 0.717) is 5.56 Å². The summed E-state index contributed by atoms with van der Waals surface area (Å²) in [5, 5.41) is 0. The van der Waals surface area contributed by atoms with Crippen molar-refractivity contribution in [1.29, 1.82) is 0 Å². The van der Waals surface area contributed by atoms with Crippen molar-refractivity contribution in [3.63, 3.8) is 0 Å². The molecule has 1 unspecified atom stereocenters. The largest absolute Gasteiger partial charge is 0.273 e. The van der Waals surface area contributed by atoms with Crippen LogP contribution in [0.2, 0.25) is 0 Å². The molecule has 0 saturated carbocycles. The molecule has 0 nitrogen and oxygen atoms in total. The molecule has 0 fully saturated rings. The lowest BCUT2D eigenvalue weighted by Crippen LogP contribution is -2.15. The SMILES string of the molecule is CC(C)c1cccc(C(F)(F)CCC(C)c2cccc(C(F)F)c2)c1. The van der Waals surface area contributed by atoms with Crippen LogP contribution in [0.25, 0.3) is 0 Å². The molecule has 0 spiro atoms. The predicted molar refractivity (Wildman–Crippen MR) is 93.5 cm³/mol. The van der Waals surface area contributed by atoms with Gasteiger partial charge in [-0.25, -0.2) is 17.6 Å². The van der Waals surface area contributed by atoms with Gasteiger partial charge in [0.05, 0.1) is 0 Å². The zero-order chi connectivity index (χ0) is 18.6. The first-order valence-electron chi connectivity index (χ1n) is 8.57. The molecular formula is C21H24F4. The Hall–Kier alpha value is -1.84. The molecule has 25 heavy (non-hydrogen) atoms. The molecule has 4 heteroatoms. The zero-order valence-corrected chi connectivity index (χ0v) is 14.8. The van der Waals surface area contributed by atoms with E-state index < -0.39 is 12.3 Å². The summed E-state index contributed by atoms with van der Waals surface area (Å²) >= 11 is 0. The maximum absolute atomic E-state index is 14.6. The molecule has 0 bridgehead atoms. The summed E-state index contributed by atoms with van der Waals surface area (Å²) in [5.74, 6) is -2.95. The van der Waals surface area contributed by atoms with Crippen LogP contribution in [0.15, 0.2) is 48.5 Å². The van der Waals surface area contributed by atoms with Gasteiger partial charge in [-0.1, -0.05) is 57.2 Å². The highest BCUT2D eigenvalue weighted by Crippen LogP contribution is 2.37. The van der Waals surface area contributed by atoms with Crippen LogP contribution in [0.5, 0.6) is 0 Å². The molecule has 0 N–H and O–H groups in total. The van der Waals surface area contributed by atoms with E-state index in [9.17, 15) is 17.6 Å². The van der Waals surface area contributed by atoms with E-state index in [4.69, 9.17) is 0 Å². The first-order valence-corrected chi connectivity index (χ1v) is 8.57. The third kappa shape index (κ3) is 5.07. The summed E-state index contributed by atoms with van der Waals surface area (Å²) in [7, 11) is 0. The van der Waals surface area contributed by atoms with Gasteiger partial charge in [0.15, 0.2) is 0 Å². The highest BCUT2D eigenvalue weighted by molar-refractivity contribution is 5.29. The van der Waals surface area contributed by atoms with Gasteiger partial charge in [0.25, 0.3) is 12.3 Å². The van der Waals surface area contributed by atoms with Crippen molar-refractivity contribution in [3.8, 4) is 0 Å². The molecule has 2 aromatic carbocycles. The van der Waals surface area contributed by atoms with Crippen LogP contribution in [0.4, 0.5) is 17.6 Å². The molecule has 0 heterocycles. The molecule has 0 amide bonds. The van der Waals surface area contributed by atoms with Crippen molar-refractivity contribution in [3.05, 3.63) is 70.8 Å². The van der Waals surface area contributed by atoms with Crippen LogP contribution >= 0.6 is 0 Å². The Morgan fingerprint density at radius 1 is 0.840 bits per heavy atom. The number of benzene rings is 2. The van der Waals surface area contributed by atoms with Gasteiger partial charge in [-0.05, 0) is 41.5 Å². The van der Waals surface area contributed by atoms with Gasteiger partial charge >= 0.3 is 0 Å². The first-order chi connectivity index (χ1) is 11.7. The average molecular weight is 352 g/mol. The Kier molecular flexibility index (Phi) is 6.26. The molecule has 1 atom stereocenters. The maximum Gasteiger partial charge on any atom is 0.273 e. The number of hydrogen-bond acceptors (Lipinski definition) is 0. The Labute approximate surface area is 146 Å². The number of halogens is 4. The Bertz CT molecular complexity index is 692. The third-order valence-corrected chi connectivity index (χ3v) is 4.60. The lowest BCUT2D eigenvalue weighted by atomic mass is 9.90. The number of rotatable bonds is 7. The lowest BCUT2D eigenvalue weighted by molar-refractivity contribution is -0.0167. The van der Waals surface area contributed by atoms with Crippen LogP contribution in [0, 0.1) is 0 Å². The predicted octanol–water partition coefficient (Wildman–Crippen LogP) is 7.42. The topological polar surface area (TPSA) is 0 Å². The van der Waals surface area contributed by atoms with Crippen molar-refractivity contribution in [2.45, 2.75) is 57.8 Å². The zero-order valence-electron chi connectivity index (χ0n) is 14.8. The van der Waals surface area contributed by atoms with E-state index in [1.165, 1.54) is 18.2 Å². The fourth-order valence-electron chi connectivity index (χ4n) is 2.84. The van der Waals surface area contributed by atoms with Gasteiger partial charge in [0.2, 0.25) is 0 Å². The summed E-state index contributed by atoms with van der Waals surface area (Å²) in [6.07, 6.45) is -2.63. The minimum atomic E-state index is -2.93. The Morgan fingerprint density at radius 3 is 2.08 bits per heavy atom. The van der Waals surface area contributed by atoms with Crippen molar-refractivity contribution in [2.24, 2.45) is 0 Å². The second-order valence-electron chi connectivity index (χ2n) is 6.90. The summed E-state index contributed by atoms with van der Waals surface area (Å²) in [6, 6.07) is 12.6. The van der Waals surface area contributed by atoms with Crippen molar-refractivity contribution in [1.82, 2.24) is 0 Å². The highest BCUT2D eigenvalue weighted by Gasteiger charge is 2.32. The fraction of sp³-hybridized carbons (Fsp3) is 0.429. The van der Waals surface area contributed by atoms with Gasteiger partial charge in [-0.3, -0.25) is 0 Å². The van der Waals surface area contributed by atoms with Crippen LogP contribution in [-0.4, -0.2) is 0 Å². The van der Waals surface area contributed by atoms with Gasteiger partial charge in [-0.15, -0.1) is 0 Å². The molecule has 0 radical (unpaired) electrons. The second kappa shape index (κ2) is 8.03. The van der Waals surface area contributed by atoms with Crippen molar-refractivity contribution >= 4 is 0 Å². The van der Waals surface area contributed by atoms with E-state index in [1.54, 1.807) is 31.2 Å². The molecular weight excluding hydrogens is 328 g/mol. The van der Waals surface area contributed by atoms with E-state index in [2.05, 4.69) is 0 Å². The maximum atomic E-state index is 14.6. The Balaban J connectivity index is 2.08. The van der Waals surface area contributed by atoms with Crippen LogP contribution < -0.4 is 0 Å². The molecule has 0 saturated heterocycles.